The van der Waals surface area contributed by atoms with Gasteiger partial charge in [0.25, 0.3) is 0 Å². The Labute approximate surface area is 82.0 Å². The molecule has 0 amide bonds. The molecule has 0 radical (unpaired) electrons. The third-order valence-corrected chi connectivity index (χ3v) is 3.01. The molecule has 1 aliphatic rings. The van der Waals surface area contributed by atoms with E-state index in [0.29, 0.717) is 6.04 Å². The third-order valence-electron chi connectivity index (χ3n) is 3.01. The van der Waals surface area contributed by atoms with Gasteiger partial charge in [-0.3, -0.25) is 0 Å². The minimum absolute atomic E-state index is 0.690. The Bertz CT molecular complexity index is 123. The Balaban J connectivity index is 2.11. The molecule has 0 bridgehead atoms. The molecule has 1 N–H and O–H groups in total. The fourth-order valence-corrected chi connectivity index (χ4v) is 1.98. The van der Waals surface area contributed by atoms with Gasteiger partial charge >= 0.3 is 0 Å². The van der Waals surface area contributed by atoms with Crippen molar-refractivity contribution in [3.05, 3.63) is 0 Å². The van der Waals surface area contributed by atoms with Crippen molar-refractivity contribution in [2.45, 2.75) is 45.1 Å². The van der Waals surface area contributed by atoms with E-state index in [2.05, 4.69) is 12.2 Å². The molecule has 1 unspecified atom stereocenters. The number of methoxy groups -OCH3 is 1. The number of hydrogen-bond acceptors (Lipinski definition) is 2. The summed E-state index contributed by atoms with van der Waals surface area (Å²) in [6.45, 7) is 4.16. The van der Waals surface area contributed by atoms with Gasteiger partial charge in [0.1, 0.15) is 0 Å². The maximum absolute atomic E-state index is 5.11. The SMILES string of the molecule is CCNC(CCOC)CC1CCC1. The molecule has 0 aromatic rings. The van der Waals surface area contributed by atoms with Crippen LogP contribution in [0.25, 0.3) is 0 Å². The highest BCUT2D eigenvalue weighted by Crippen LogP contribution is 2.30. The third kappa shape index (κ3) is 4.10. The van der Waals surface area contributed by atoms with Crippen LogP contribution in [0.4, 0.5) is 0 Å². The summed E-state index contributed by atoms with van der Waals surface area (Å²) in [5.74, 6) is 1.00. The van der Waals surface area contributed by atoms with Crippen molar-refractivity contribution in [1.29, 1.82) is 0 Å². The molecule has 78 valence electrons. The van der Waals surface area contributed by atoms with Crippen LogP contribution >= 0.6 is 0 Å². The Hall–Kier alpha value is -0.0800. The van der Waals surface area contributed by atoms with E-state index in [1.165, 1.54) is 32.1 Å². The summed E-state index contributed by atoms with van der Waals surface area (Å²) in [4.78, 5) is 0. The van der Waals surface area contributed by atoms with Crippen molar-refractivity contribution in [3.63, 3.8) is 0 Å². The lowest BCUT2D eigenvalue weighted by atomic mass is 9.80. The van der Waals surface area contributed by atoms with E-state index < -0.39 is 0 Å². The van der Waals surface area contributed by atoms with Gasteiger partial charge in [-0.2, -0.15) is 0 Å². The Kier molecular flexibility index (Phi) is 5.40. The first kappa shape index (κ1) is 11.0. The van der Waals surface area contributed by atoms with E-state index in [1.807, 2.05) is 0 Å². The van der Waals surface area contributed by atoms with Crippen molar-refractivity contribution in [1.82, 2.24) is 5.32 Å². The molecule has 0 heterocycles. The molecule has 0 aromatic carbocycles. The smallest absolute Gasteiger partial charge is 0.0477 e. The maximum Gasteiger partial charge on any atom is 0.0477 e. The van der Waals surface area contributed by atoms with Gasteiger partial charge in [-0.15, -0.1) is 0 Å². The van der Waals surface area contributed by atoms with Crippen LogP contribution in [0.3, 0.4) is 0 Å². The number of nitrogens with one attached hydrogen (secondary N) is 1. The largest absolute Gasteiger partial charge is 0.385 e. The minimum atomic E-state index is 0.690. The average Bonchev–Trinajstić information content (AvgIpc) is 2.07. The number of ether oxygens (including phenoxy) is 1. The van der Waals surface area contributed by atoms with E-state index in [-0.39, 0.29) is 0 Å². The fraction of sp³-hybridized carbons (Fsp3) is 1.00. The summed E-state index contributed by atoms with van der Waals surface area (Å²) in [5.41, 5.74) is 0. The van der Waals surface area contributed by atoms with Crippen LogP contribution in [0.1, 0.15) is 39.0 Å². The van der Waals surface area contributed by atoms with E-state index in [4.69, 9.17) is 4.74 Å². The van der Waals surface area contributed by atoms with Gasteiger partial charge in [-0.25, -0.2) is 0 Å². The topological polar surface area (TPSA) is 21.3 Å². The second-order valence-electron chi connectivity index (χ2n) is 4.07. The van der Waals surface area contributed by atoms with Crippen molar-refractivity contribution < 1.29 is 4.74 Å². The second kappa shape index (κ2) is 6.39. The minimum Gasteiger partial charge on any atom is -0.385 e. The highest BCUT2D eigenvalue weighted by atomic mass is 16.5. The molecule has 0 aliphatic heterocycles. The van der Waals surface area contributed by atoms with Crippen LogP contribution in [0.15, 0.2) is 0 Å². The molecule has 1 rings (SSSR count). The molecular weight excluding hydrogens is 162 g/mol. The molecular formula is C11H23NO. The van der Waals surface area contributed by atoms with Crippen molar-refractivity contribution in [2.75, 3.05) is 20.3 Å². The monoisotopic (exact) mass is 185 g/mol. The molecule has 2 heteroatoms. The van der Waals surface area contributed by atoms with Crippen molar-refractivity contribution >= 4 is 0 Å². The zero-order valence-electron chi connectivity index (χ0n) is 9.01. The molecule has 1 aliphatic carbocycles. The summed E-state index contributed by atoms with van der Waals surface area (Å²) >= 11 is 0. The molecule has 1 atom stereocenters. The van der Waals surface area contributed by atoms with Crippen LogP contribution in [0.5, 0.6) is 0 Å². The van der Waals surface area contributed by atoms with Crippen LogP contribution < -0.4 is 5.32 Å². The molecule has 0 spiro atoms. The summed E-state index contributed by atoms with van der Waals surface area (Å²) in [6, 6.07) is 0.690. The van der Waals surface area contributed by atoms with Gasteiger partial charge in [0.15, 0.2) is 0 Å². The van der Waals surface area contributed by atoms with E-state index >= 15 is 0 Å². The average molecular weight is 185 g/mol. The Morgan fingerprint density at radius 3 is 2.69 bits per heavy atom. The fourth-order valence-electron chi connectivity index (χ4n) is 1.98. The van der Waals surface area contributed by atoms with Gasteiger partial charge in [0.05, 0.1) is 0 Å². The summed E-state index contributed by atoms with van der Waals surface area (Å²) in [6.07, 6.45) is 6.88. The Morgan fingerprint density at radius 1 is 1.46 bits per heavy atom. The molecule has 0 saturated heterocycles. The van der Waals surface area contributed by atoms with Gasteiger partial charge in [0.2, 0.25) is 0 Å². The lowest BCUT2D eigenvalue weighted by Gasteiger charge is -2.30. The molecule has 1 fully saturated rings. The molecule has 13 heavy (non-hydrogen) atoms. The van der Waals surface area contributed by atoms with Gasteiger partial charge < -0.3 is 10.1 Å². The lowest BCUT2D eigenvalue weighted by Crippen LogP contribution is -2.33. The normalized spacial score (nSPS) is 19.8. The zero-order valence-corrected chi connectivity index (χ0v) is 9.01. The van der Waals surface area contributed by atoms with E-state index in [0.717, 1.165) is 19.1 Å². The highest BCUT2D eigenvalue weighted by molar-refractivity contribution is 4.76. The summed E-state index contributed by atoms with van der Waals surface area (Å²) in [5, 5.41) is 3.54. The first-order valence-corrected chi connectivity index (χ1v) is 5.59. The first-order valence-electron chi connectivity index (χ1n) is 5.59. The number of hydrogen-bond donors (Lipinski definition) is 1. The highest BCUT2D eigenvalue weighted by Gasteiger charge is 2.21. The molecule has 0 aromatic heterocycles. The standard InChI is InChI=1S/C11H23NO/c1-3-12-11(7-8-13-2)9-10-5-4-6-10/h10-12H,3-9H2,1-2H3. The van der Waals surface area contributed by atoms with E-state index in [9.17, 15) is 0 Å². The Morgan fingerprint density at radius 2 is 2.23 bits per heavy atom. The quantitative estimate of drug-likeness (QED) is 0.656. The van der Waals surface area contributed by atoms with Crippen LogP contribution in [0, 0.1) is 5.92 Å². The van der Waals surface area contributed by atoms with Crippen LogP contribution in [-0.2, 0) is 4.74 Å². The first-order chi connectivity index (χ1) is 6.36. The van der Waals surface area contributed by atoms with Gasteiger partial charge in [-0.05, 0) is 25.3 Å². The van der Waals surface area contributed by atoms with Crippen molar-refractivity contribution in [3.8, 4) is 0 Å². The summed E-state index contributed by atoms with van der Waals surface area (Å²) < 4.78 is 5.11. The van der Waals surface area contributed by atoms with Crippen molar-refractivity contribution in [2.24, 2.45) is 5.92 Å². The summed E-state index contributed by atoms with van der Waals surface area (Å²) in [7, 11) is 1.78. The predicted molar refractivity (Wildman–Crippen MR) is 55.9 cm³/mol. The van der Waals surface area contributed by atoms with Crippen LogP contribution in [-0.4, -0.2) is 26.3 Å². The van der Waals surface area contributed by atoms with Gasteiger partial charge in [-0.1, -0.05) is 26.2 Å². The predicted octanol–water partition coefficient (Wildman–Crippen LogP) is 2.19. The second-order valence-corrected chi connectivity index (χ2v) is 4.07. The maximum atomic E-state index is 5.11. The molecule has 1 saturated carbocycles. The van der Waals surface area contributed by atoms with Crippen LogP contribution in [0.2, 0.25) is 0 Å². The lowest BCUT2D eigenvalue weighted by molar-refractivity contribution is 0.169. The number of rotatable bonds is 7. The zero-order chi connectivity index (χ0) is 9.52. The molecule has 2 nitrogen and oxygen atoms in total. The van der Waals surface area contributed by atoms with Gasteiger partial charge in [0, 0.05) is 19.8 Å². The van der Waals surface area contributed by atoms with E-state index in [1.54, 1.807) is 7.11 Å².